The van der Waals surface area contributed by atoms with Crippen LogP contribution in [0.15, 0.2) is 24.3 Å². The number of ketones is 1. The van der Waals surface area contributed by atoms with Gasteiger partial charge in [-0.05, 0) is 43.6 Å². The van der Waals surface area contributed by atoms with Gasteiger partial charge in [0.15, 0.2) is 5.78 Å². The Hall–Kier alpha value is -0.850. The van der Waals surface area contributed by atoms with E-state index < -0.39 is 0 Å². The quantitative estimate of drug-likeness (QED) is 0.478. The maximum atomic E-state index is 11.5. The lowest BCUT2D eigenvalue weighted by atomic mass is 9.76. The van der Waals surface area contributed by atoms with Gasteiger partial charge in [0, 0.05) is 6.42 Å². The average molecular weight is 220 g/mol. The summed E-state index contributed by atoms with van der Waals surface area (Å²) in [5, 5.41) is 0. The first kappa shape index (κ1) is 13.2. The first-order valence-electron chi connectivity index (χ1n) is 6.37. The summed E-state index contributed by atoms with van der Waals surface area (Å²) in [6.07, 6.45) is 11.6. The molecule has 0 radical (unpaired) electrons. The molecule has 0 atom stereocenters. The van der Waals surface area contributed by atoms with Gasteiger partial charge < -0.3 is 0 Å². The largest absolute Gasteiger partial charge is 0.295 e. The molecule has 0 N–H and O–H groups in total. The van der Waals surface area contributed by atoms with Crippen LogP contribution in [0.1, 0.15) is 58.8 Å². The molecular formula is C15H24O. The van der Waals surface area contributed by atoms with Crippen LogP contribution in [0.3, 0.4) is 0 Å². The lowest BCUT2D eigenvalue weighted by Gasteiger charge is -2.28. The van der Waals surface area contributed by atoms with Crippen molar-refractivity contribution in [3.8, 4) is 0 Å². The van der Waals surface area contributed by atoms with Gasteiger partial charge in [-0.15, -0.1) is 6.58 Å². The van der Waals surface area contributed by atoms with E-state index in [9.17, 15) is 4.79 Å². The molecular weight excluding hydrogens is 196 g/mol. The van der Waals surface area contributed by atoms with E-state index in [1.165, 1.54) is 24.8 Å². The second kappa shape index (κ2) is 6.03. The number of allylic oxidation sites excluding steroid dienone is 3. The summed E-state index contributed by atoms with van der Waals surface area (Å²) in [6.45, 7) is 8.10. The van der Waals surface area contributed by atoms with Crippen molar-refractivity contribution < 1.29 is 4.79 Å². The molecule has 1 aliphatic rings. The zero-order valence-corrected chi connectivity index (χ0v) is 10.7. The summed E-state index contributed by atoms with van der Waals surface area (Å²) in [4.78, 5) is 11.5. The van der Waals surface area contributed by atoms with E-state index in [0.717, 1.165) is 19.3 Å². The minimum atomic E-state index is 0.183. The lowest BCUT2D eigenvalue weighted by molar-refractivity contribution is -0.117. The highest BCUT2D eigenvalue weighted by Gasteiger charge is 2.26. The van der Waals surface area contributed by atoms with Crippen LogP contribution in [0.2, 0.25) is 0 Å². The second-order valence-electron chi connectivity index (χ2n) is 5.67. The van der Waals surface area contributed by atoms with E-state index in [-0.39, 0.29) is 5.41 Å². The molecule has 0 spiro atoms. The van der Waals surface area contributed by atoms with Crippen LogP contribution in [0.4, 0.5) is 0 Å². The summed E-state index contributed by atoms with van der Waals surface area (Å²) >= 11 is 0. The average Bonchev–Trinajstić information content (AvgIpc) is 2.14. The van der Waals surface area contributed by atoms with Gasteiger partial charge in [0.25, 0.3) is 0 Å². The normalized spacial score (nSPS) is 19.4. The second-order valence-corrected chi connectivity index (χ2v) is 5.67. The number of unbranched alkanes of at least 4 members (excludes halogenated alkanes) is 3. The number of rotatable bonds is 6. The van der Waals surface area contributed by atoms with Crippen molar-refractivity contribution in [2.45, 2.75) is 58.8 Å². The van der Waals surface area contributed by atoms with Gasteiger partial charge in [0.05, 0.1) is 0 Å². The number of carbonyl (C=O) groups is 1. The fourth-order valence-corrected chi connectivity index (χ4v) is 2.46. The van der Waals surface area contributed by atoms with Crippen molar-refractivity contribution >= 4 is 5.78 Å². The Morgan fingerprint density at radius 3 is 2.69 bits per heavy atom. The highest BCUT2D eigenvalue weighted by Crippen LogP contribution is 2.35. The van der Waals surface area contributed by atoms with Crippen LogP contribution >= 0.6 is 0 Å². The van der Waals surface area contributed by atoms with E-state index >= 15 is 0 Å². The van der Waals surface area contributed by atoms with Crippen LogP contribution in [-0.4, -0.2) is 5.78 Å². The summed E-state index contributed by atoms with van der Waals surface area (Å²) < 4.78 is 0. The summed E-state index contributed by atoms with van der Waals surface area (Å²) in [6, 6.07) is 0. The molecule has 0 bridgehead atoms. The summed E-state index contributed by atoms with van der Waals surface area (Å²) in [5.74, 6) is 0.317. The molecule has 16 heavy (non-hydrogen) atoms. The predicted octanol–water partition coefficient (Wildman–Crippen LogP) is 4.44. The fraction of sp³-hybridized carbons (Fsp3) is 0.667. The number of hydrogen-bond donors (Lipinski definition) is 0. The van der Waals surface area contributed by atoms with Crippen molar-refractivity contribution in [2.24, 2.45) is 5.41 Å². The predicted molar refractivity (Wildman–Crippen MR) is 69.4 cm³/mol. The van der Waals surface area contributed by atoms with Crippen molar-refractivity contribution in [1.82, 2.24) is 0 Å². The Balaban J connectivity index is 2.31. The van der Waals surface area contributed by atoms with Crippen LogP contribution < -0.4 is 0 Å². The van der Waals surface area contributed by atoms with E-state index in [2.05, 4.69) is 20.4 Å². The monoisotopic (exact) mass is 220 g/mol. The molecule has 0 aromatic heterocycles. The van der Waals surface area contributed by atoms with Gasteiger partial charge >= 0.3 is 0 Å². The van der Waals surface area contributed by atoms with Crippen LogP contribution in [0.5, 0.6) is 0 Å². The zero-order valence-electron chi connectivity index (χ0n) is 10.7. The molecule has 0 unspecified atom stereocenters. The Bertz CT molecular complexity index is 284. The number of hydrogen-bond acceptors (Lipinski definition) is 1. The molecule has 1 aliphatic carbocycles. The highest BCUT2D eigenvalue weighted by molar-refractivity contribution is 5.91. The fourth-order valence-electron chi connectivity index (χ4n) is 2.46. The Morgan fingerprint density at radius 2 is 2.06 bits per heavy atom. The molecule has 0 amide bonds. The minimum absolute atomic E-state index is 0.183. The van der Waals surface area contributed by atoms with E-state index in [4.69, 9.17) is 0 Å². The van der Waals surface area contributed by atoms with Gasteiger partial charge in [-0.25, -0.2) is 0 Å². The molecule has 0 aromatic carbocycles. The van der Waals surface area contributed by atoms with Gasteiger partial charge in [-0.3, -0.25) is 4.79 Å². The van der Waals surface area contributed by atoms with Gasteiger partial charge in [-0.1, -0.05) is 31.9 Å². The Kier molecular flexibility index (Phi) is 4.98. The first-order chi connectivity index (χ1) is 7.53. The minimum Gasteiger partial charge on any atom is -0.295 e. The Morgan fingerprint density at radius 1 is 1.31 bits per heavy atom. The molecule has 90 valence electrons. The maximum Gasteiger partial charge on any atom is 0.156 e. The smallest absolute Gasteiger partial charge is 0.156 e. The van der Waals surface area contributed by atoms with E-state index in [1.807, 2.05) is 12.2 Å². The van der Waals surface area contributed by atoms with Gasteiger partial charge in [0.2, 0.25) is 0 Å². The van der Waals surface area contributed by atoms with Crippen molar-refractivity contribution in [3.05, 3.63) is 24.3 Å². The molecule has 1 rings (SSSR count). The van der Waals surface area contributed by atoms with E-state index in [1.54, 1.807) is 0 Å². The third kappa shape index (κ3) is 4.78. The molecule has 0 saturated carbocycles. The standard InChI is InChI=1S/C15H24O/c1-4-5-6-7-8-9-13-10-14(16)12-15(2,3)11-13/h4,10H,1,5-9,11-12H2,2-3H3. The highest BCUT2D eigenvalue weighted by atomic mass is 16.1. The Labute approximate surface area is 99.6 Å². The van der Waals surface area contributed by atoms with Crippen LogP contribution in [0, 0.1) is 5.41 Å². The maximum absolute atomic E-state index is 11.5. The molecule has 0 aromatic rings. The van der Waals surface area contributed by atoms with Crippen LogP contribution in [0.25, 0.3) is 0 Å². The molecule has 0 heterocycles. The van der Waals surface area contributed by atoms with Gasteiger partial charge in [0.1, 0.15) is 0 Å². The van der Waals surface area contributed by atoms with E-state index in [0.29, 0.717) is 12.2 Å². The summed E-state index contributed by atoms with van der Waals surface area (Å²) in [7, 11) is 0. The molecule has 0 aliphatic heterocycles. The SMILES string of the molecule is C=CCCCCCC1=CC(=O)CC(C)(C)C1. The van der Waals surface area contributed by atoms with Gasteiger partial charge in [-0.2, -0.15) is 0 Å². The third-order valence-corrected chi connectivity index (χ3v) is 3.13. The molecule has 0 saturated heterocycles. The molecule has 1 nitrogen and oxygen atoms in total. The topological polar surface area (TPSA) is 17.1 Å². The summed E-state index contributed by atoms with van der Waals surface area (Å²) in [5.41, 5.74) is 1.54. The zero-order chi connectivity index (χ0) is 12.0. The van der Waals surface area contributed by atoms with Crippen molar-refractivity contribution in [3.63, 3.8) is 0 Å². The third-order valence-electron chi connectivity index (χ3n) is 3.13. The van der Waals surface area contributed by atoms with Crippen LogP contribution in [-0.2, 0) is 4.79 Å². The molecule has 0 fully saturated rings. The van der Waals surface area contributed by atoms with Crippen molar-refractivity contribution in [1.29, 1.82) is 0 Å². The molecule has 1 heteroatoms. The first-order valence-corrected chi connectivity index (χ1v) is 6.37. The lowest BCUT2D eigenvalue weighted by Crippen LogP contribution is -2.21. The number of carbonyl (C=O) groups excluding carboxylic acids is 1. The van der Waals surface area contributed by atoms with Crippen molar-refractivity contribution in [2.75, 3.05) is 0 Å².